The molecule has 0 spiro atoms. The van der Waals surface area contributed by atoms with Gasteiger partial charge in [-0.15, -0.1) is 11.8 Å². The summed E-state index contributed by atoms with van der Waals surface area (Å²) >= 11 is 1.43. The van der Waals surface area contributed by atoms with E-state index in [4.69, 9.17) is 5.73 Å². The van der Waals surface area contributed by atoms with Crippen molar-refractivity contribution in [3.8, 4) is 0 Å². The lowest BCUT2D eigenvalue weighted by Crippen LogP contribution is -2.38. The van der Waals surface area contributed by atoms with E-state index >= 15 is 0 Å². The first kappa shape index (κ1) is 12.8. The topological polar surface area (TPSA) is 26.0 Å². The minimum Gasteiger partial charge on any atom is -0.326 e. The molecule has 0 radical (unpaired) electrons. The van der Waals surface area contributed by atoms with Crippen LogP contribution in [0.25, 0.3) is 0 Å². The fourth-order valence-electron chi connectivity index (χ4n) is 2.23. The number of nitrogens with two attached hydrogens (primary N) is 1. The fourth-order valence-corrected chi connectivity index (χ4v) is 3.62. The second kappa shape index (κ2) is 4.58. The molecule has 2 rings (SSSR count). The molecule has 0 aromatic heterocycles. The van der Waals surface area contributed by atoms with Crippen LogP contribution in [-0.4, -0.2) is 11.3 Å². The molecular formula is C13H17F2NS. The van der Waals surface area contributed by atoms with Crippen molar-refractivity contribution in [1.82, 2.24) is 0 Å². The zero-order valence-electron chi connectivity index (χ0n) is 10.0. The predicted molar refractivity (Wildman–Crippen MR) is 67.0 cm³/mol. The first-order chi connectivity index (χ1) is 7.90. The van der Waals surface area contributed by atoms with Gasteiger partial charge in [-0.3, -0.25) is 0 Å². The zero-order valence-corrected chi connectivity index (χ0v) is 10.9. The molecule has 0 heterocycles. The van der Waals surface area contributed by atoms with Crippen LogP contribution in [0, 0.1) is 17.0 Å². The summed E-state index contributed by atoms with van der Waals surface area (Å²) in [6.45, 7) is 4.28. The lowest BCUT2D eigenvalue weighted by molar-refractivity contribution is 0.334. The summed E-state index contributed by atoms with van der Waals surface area (Å²) < 4.78 is 26.3. The fraction of sp³-hybridized carbons (Fsp3) is 0.538. The standard InChI is InChI=1S/C13H17F2NS/c1-13(2)6-5-11(12(13)16)17-10-4-3-8(14)7-9(10)15/h3-4,7,11-12H,5-6,16H2,1-2H3. The van der Waals surface area contributed by atoms with Gasteiger partial charge in [0.05, 0.1) is 0 Å². The maximum absolute atomic E-state index is 13.5. The van der Waals surface area contributed by atoms with Crippen LogP contribution in [0.2, 0.25) is 0 Å². The Kier molecular flexibility index (Phi) is 3.46. The van der Waals surface area contributed by atoms with Crippen molar-refractivity contribution in [2.45, 2.75) is 42.9 Å². The van der Waals surface area contributed by atoms with Crippen LogP contribution in [0.4, 0.5) is 8.78 Å². The van der Waals surface area contributed by atoms with E-state index in [1.54, 1.807) is 0 Å². The molecule has 2 atom stereocenters. The van der Waals surface area contributed by atoms with Crippen molar-refractivity contribution < 1.29 is 8.78 Å². The van der Waals surface area contributed by atoms with Crippen molar-refractivity contribution in [3.63, 3.8) is 0 Å². The van der Waals surface area contributed by atoms with E-state index in [1.165, 1.54) is 23.9 Å². The Morgan fingerprint density at radius 1 is 1.35 bits per heavy atom. The zero-order chi connectivity index (χ0) is 12.6. The number of hydrogen-bond acceptors (Lipinski definition) is 2. The maximum Gasteiger partial charge on any atom is 0.139 e. The van der Waals surface area contributed by atoms with Gasteiger partial charge >= 0.3 is 0 Å². The summed E-state index contributed by atoms with van der Waals surface area (Å²) in [5.41, 5.74) is 6.27. The van der Waals surface area contributed by atoms with Crippen LogP contribution in [0.1, 0.15) is 26.7 Å². The first-order valence-electron chi connectivity index (χ1n) is 5.77. The molecule has 1 aliphatic rings. The van der Waals surface area contributed by atoms with Crippen molar-refractivity contribution in [3.05, 3.63) is 29.8 Å². The number of hydrogen-bond donors (Lipinski definition) is 1. The highest BCUT2D eigenvalue weighted by Crippen LogP contribution is 2.44. The van der Waals surface area contributed by atoms with Gasteiger partial charge in [0.2, 0.25) is 0 Å². The molecule has 17 heavy (non-hydrogen) atoms. The summed E-state index contributed by atoms with van der Waals surface area (Å²) in [5, 5.41) is 0.213. The summed E-state index contributed by atoms with van der Waals surface area (Å²) in [7, 11) is 0. The number of thioether (sulfide) groups is 1. The molecule has 94 valence electrons. The molecule has 1 aromatic carbocycles. The Balaban J connectivity index is 2.12. The van der Waals surface area contributed by atoms with Crippen molar-refractivity contribution in [2.75, 3.05) is 0 Å². The minimum absolute atomic E-state index is 0.0527. The third-order valence-electron chi connectivity index (χ3n) is 3.55. The first-order valence-corrected chi connectivity index (χ1v) is 6.65. The molecular weight excluding hydrogens is 240 g/mol. The number of halogens is 2. The molecule has 1 aliphatic carbocycles. The van der Waals surface area contributed by atoms with Gasteiger partial charge in [0.1, 0.15) is 11.6 Å². The molecule has 0 bridgehead atoms. The SMILES string of the molecule is CC1(C)CCC(Sc2ccc(F)cc2F)C1N. The second-order valence-corrected chi connectivity index (χ2v) is 6.57. The quantitative estimate of drug-likeness (QED) is 0.876. The van der Waals surface area contributed by atoms with Crippen LogP contribution in [0.3, 0.4) is 0 Å². The van der Waals surface area contributed by atoms with E-state index in [9.17, 15) is 8.78 Å². The highest BCUT2D eigenvalue weighted by molar-refractivity contribution is 8.00. The number of benzene rings is 1. The van der Waals surface area contributed by atoms with Crippen LogP contribution in [0.5, 0.6) is 0 Å². The van der Waals surface area contributed by atoms with Crippen LogP contribution in [0.15, 0.2) is 23.1 Å². The molecule has 0 aliphatic heterocycles. The third-order valence-corrected chi connectivity index (χ3v) is 4.97. The molecule has 1 nitrogen and oxygen atoms in total. The molecule has 0 amide bonds. The van der Waals surface area contributed by atoms with Crippen molar-refractivity contribution in [1.29, 1.82) is 0 Å². The predicted octanol–water partition coefficient (Wildman–Crippen LogP) is 3.57. The van der Waals surface area contributed by atoms with Gasteiger partial charge in [0, 0.05) is 22.3 Å². The Hall–Kier alpha value is -0.610. The van der Waals surface area contributed by atoms with Gasteiger partial charge in [-0.1, -0.05) is 13.8 Å². The van der Waals surface area contributed by atoms with E-state index in [1.807, 2.05) is 0 Å². The molecule has 1 aromatic rings. The summed E-state index contributed by atoms with van der Waals surface area (Å²) in [6.07, 6.45) is 2.03. The average Bonchev–Trinajstić information content (AvgIpc) is 2.49. The van der Waals surface area contributed by atoms with Crippen LogP contribution < -0.4 is 5.73 Å². The van der Waals surface area contributed by atoms with E-state index in [2.05, 4.69) is 13.8 Å². The molecule has 1 saturated carbocycles. The smallest absolute Gasteiger partial charge is 0.139 e. The lowest BCUT2D eigenvalue weighted by atomic mass is 9.88. The summed E-state index contributed by atoms with van der Waals surface area (Å²) in [6, 6.07) is 3.76. The van der Waals surface area contributed by atoms with Gasteiger partial charge < -0.3 is 5.73 Å². The summed E-state index contributed by atoms with van der Waals surface area (Å²) in [4.78, 5) is 0.490. The van der Waals surface area contributed by atoms with Crippen LogP contribution in [-0.2, 0) is 0 Å². The Bertz CT molecular complexity index is 420. The summed E-state index contributed by atoms with van der Waals surface area (Å²) in [5.74, 6) is -1.03. The van der Waals surface area contributed by atoms with Crippen LogP contribution >= 0.6 is 11.8 Å². The molecule has 1 fully saturated rings. The second-order valence-electron chi connectivity index (χ2n) is 5.28. The Morgan fingerprint density at radius 2 is 2.06 bits per heavy atom. The van der Waals surface area contributed by atoms with Gasteiger partial charge in [0.25, 0.3) is 0 Å². The lowest BCUT2D eigenvalue weighted by Gasteiger charge is -2.26. The van der Waals surface area contributed by atoms with E-state index in [0.717, 1.165) is 18.9 Å². The highest BCUT2D eigenvalue weighted by Gasteiger charge is 2.40. The van der Waals surface area contributed by atoms with E-state index < -0.39 is 11.6 Å². The normalized spacial score (nSPS) is 27.4. The number of rotatable bonds is 2. The molecule has 4 heteroatoms. The monoisotopic (exact) mass is 257 g/mol. The highest BCUT2D eigenvalue weighted by atomic mass is 32.2. The third kappa shape index (κ3) is 2.63. The average molecular weight is 257 g/mol. The van der Waals surface area contributed by atoms with Crippen molar-refractivity contribution in [2.24, 2.45) is 11.1 Å². The van der Waals surface area contributed by atoms with Gasteiger partial charge in [-0.05, 0) is 30.4 Å². The Morgan fingerprint density at radius 3 is 2.59 bits per heavy atom. The van der Waals surface area contributed by atoms with E-state index in [0.29, 0.717) is 4.90 Å². The molecule has 2 unspecified atom stereocenters. The molecule has 2 N–H and O–H groups in total. The minimum atomic E-state index is -0.539. The van der Waals surface area contributed by atoms with Gasteiger partial charge in [-0.2, -0.15) is 0 Å². The van der Waals surface area contributed by atoms with E-state index in [-0.39, 0.29) is 16.7 Å². The maximum atomic E-state index is 13.5. The Labute approximate surface area is 105 Å². The largest absolute Gasteiger partial charge is 0.326 e. The van der Waals surface area contributed by atoms with Crippen molar-refractivity contribution >= 4 is 11.8 Å². The van der Waals surface area contributed by atoms with Gasteiger partial charge in [-0.25, -0.2) is 8.78 Å². The molecule has 0 saturated heterocycles. The van der Waals surface area contributed by atoms with Gasteiger partial charge in [0.15, 0.2) is 0 Å².